The monoisotopic (exact) mass is 884 g/mol. The number of halogens is 4. The summed E-state index contributed by atoms with van der Waals surface area (Å²) in [4.78, 5) is 17.1. The highest BCUT2D eigenvalue weighted by molar-refractivity contribution is 5.95. The summed E-state index contributed by atoms with van der Waals surface area (Å²) >= 11 is 0. The third kappa shape index (κ3) is 13.3. The van der Waals surface area contributed by atoms with E-state index in [1.165, 1.54) is 0 Å². The molecule has 0 bridgehead atoms. The largest absolute Gasteiger partial charge is 0.484 e. The van der Waals surface area contributed by atoms with Gasteiger partial charge in [-0.15, -0.1) is 0 Å². The Kier molecular flexibility index (Phi) is 16.0. The molecule has 1 fully saturated rings. The van der Waals surface area contributed by atoms with E-state index in [1.54, 1.807) is 48.5 Å². The number of nitrogen functional groups attached to an aromatic ring is 1. The zero-order chi connectivity index (χ0) is 44.7. The number of fused-ring (bicyclic) bond motifs is 3. The summed E-state index contributed by atoms with van der Waals surface area (Å²) in [6, 6.07) is 27.0. The third-order valence-electron chi connectivity index (χ3n) is 10.4. The number of carbonyl (C=O) groups is 1. The van der Waals surface area contributed by atoms with Gasteiger partial charge in [0, 0.05) is 64.6 Å². The number of rotatable bonds is 21. The van der Waals surface area contributed by atoms with E-state index in [4.69, 9.17) is 29.7 Å². The van der Waals surface area contributed by atoms with Crippen LogP contribution in [-0.4, -0.2) is 113 Å². The summed E-state index contributed by atoms with van der Waals surface area (Å²) in [5.74, 6) is 5.91. The normalized spacial score (nSPS) is 15.2. The molecule has 0 radical (unpaired) electrons. The summed E-state index contributed by atoms with van der Waals surface area (Å²) in [6.45, 7) is 2.94. The number of piperidine rings is 1. The van der Waals surface area contributed by atoms with Crippen molar-refractivity contribution in [3.05, 3.63) is 96.7 Å². The topological polar surface area (TPSA) is 158 Å². The van der Waals surface area contributed by atoms with E-state index in [2.05, 4.69) is 44.5 Å². The molecule has 0 unspecified atom stereocenters. The lowest BCUT2D eigenvalue weighted by Crippen LogP contribution is -2.45. The van der Waals surface area contributed by atoms with E-state index in [0.29, 0.717) is 99.4 Å². The number of hydrogen-bond acceptors (Lipinski definition) is 11. The lowest BCUT2D eigenvalue weighted by atomic mass is 10.0. The van der Waals surface area contributed by atoms with Crippen LogP contribution < -0.4 is 37.1 Å². The standard InChI is InChI=1S/C47H52F4N8O5/c48-40-29-53-15-13-42(40)57-41-7-2-8-45-39(41)28-37(59(45)31-47(49,50)51)5-3-14-54-35-4-1-6-38(26-35)64-30-46(60)56-17-19-62-21-23-63-22-20-61-18-16-55-36-12-10-33-24-32-9-11-34(52)25-43(32)58-44(33)27-36/h1-2,4,6-12,24-28,40,42,53-55,57H,13-23,29-31,52H2,(H,56,60)/t40-,42+/m1/s1. The minimum Gasteiger partial charge on any atom is -0.484 e. The van der Waals surface area contributed by atoms with Gasteiger partial charge in [0.15, 0.2) is 6.61 Å². The minimum absolute atomic E-state index is 0.124. The molecule has 1 amide bonds. The number of amides is 1. The molecule has 2 aromatic heterocycles. The quantitative estimate of drug-likeness (QED) is 0.0150. The van der Waals surface area contributed by atoms with Crippen LogP contribution in [0.5, 0.6) is 5.75 Å². The predicted molar refractivity (Wildman–Crippen MR) is 243 cm³/mol. The van der Waals surface area contributed by atoms with Crippen molar-refractivity contribution in [3.63, 3.8) is 0 Å². The van der Waals surface area contributed by atoms with Crippen LogP contribution in [-0.2, 0) is 25.5 Å². The number of anilines is 4. The lowest BCUT2D eigenvalue weighted by molar-refractivity contribution is -0.140. The number of nitrogens with two attached hydrogens (primary N) is 1. The van der Waals surface area contributed by atoms with Gasteiger partial charge in [0.2, 0.25) is 0 Å². The fourth-order valence-electron chi connectivity index (χ4n) is 7.24. The first kappa shape index (κ1) is 45.7. The molecule has 3 heterocycles. The molecule has 17 heteroatoms. The van der Waals surface area contributed by atoms with Crippen LogP contribution in [0.4, 0.5) is 40.3 Å². The second-order valence-electron chi connectivity index (χ2n) is 15.2. The third-order valence-corrected chi connectivity index (χ3v) is 10.4. The first-order valence-electron chi connectivity index (χ1n) is 21.2. The zero-order valence-corrected chi connectivity index (χ0v) is 35.2. The van der Waals surface area contributed by atoms with Crippen molar-refractivity contribution < 1.29 is 41.3 Å². The molecule has 1 saturated heterocycles. The molecule has 7 rings (SSSR count). The van der Waals surface area contributed by atoms with E-state index >= 15 is 0 Å². The summed E-state index contributed by atoms with van der Waals surface area (Å²) in [7, 11) is 0. The molecule has 7 N–H and O–H groups in total. The van der Waals surface area contributed by atoms with Crippen molar-refractivity contribution in [2.75, 3.05) is 101 Å². The molecule has 2 atom stereocenters. The zero-order valence-electron chi connectivity index (χ0n) is 35.2. The van der Waals surface area contributed by atoms with Gasteiger partial charge in [-0.2, -0.15) is 13.2 Å². The highest BCUT2D eigenvalue weighted by Gasteiger charge is 2.30. The van der Waals surface area contributed by atoms with Crippen LogP contribution in [0, 0.1) is 11.8 Å². The molecule has 0 spiro atoms. The average molecular weight is 885 g/mol. The van der Waals surface area contributed by atoms with E-state index in [-0.39, 0.29) is 31.3 Å². The minimum atomic E-state index is -4.48. The molecule has 64 heavy (non-hydrogen) atoms. The van der Waals surface area contributed by atoms with Gasteiger partial charge in [0.25, 0.3) is 5.91 Å². The first-order chi connectivity index (χ1) is 31.1. The highest BCUT2D eigenvalue weighted by Crippen LogP contribution is 2.31. The van der Waals surface area contributed by atoms with E-state index < -0.39 is 24.9 Å². The number of carbonyl (C=O) groups excluding carboxylic acids is 1. The molecular weight excluding hydrogens is 833 g/mol. The number of nitrogens with one attached hydrogen (secondary N) is 5. The lowest BCUT2D eigenvalue weighted by Gasteiger charge is -2.28. The van der Waals surface area contributed by atoms with Crippen molar-refractivity contribution in [2.45, 2.75) is 31.4 Å². The van der Waals surface area contributed by atoms with Gasteiger partial charge in [-0.05, 0) is 79.5 Å². The molecule has 1 aliphatic heterocycles. The number of ether oxygens (including phenoxy) is 4. The Bertz CT molecular complexity index is 2560. The average Bonchev–Trinajstić information content (AvgIpc) is 3.62. The fourth-order valence-corrected chi connectivity index (χ4v) is 7.24. The number of hydrogen-bond donors (Lipinski definition) is 6. The van der Waals surface area contributed by atoms with E-state index in [1.807, 2.05) is 36.4 Å². The molecule has 0 aliphatic carbocycles. The molecule has 13 nitrogen and oxygen atoms in total. The second kappa shape index (κ2) is 22.3. The van der Waals surface area contributed by atoms with Crippen molar-refractivity contribution in [1.29, 1.82) is 0 Å². The maximum Gasteiger partial charge on any atom is 0.406 e. The molecule has 4 aromatic carbocycles. The van der Waals surface area contributed by atoms with Gasteiger partial charge >= 0.3 is 6.18 Å². The molecular formula is C47H52F4N8O5. The van der Waals surface area contributed by atoms with Crippen molar-refractivity contribution >= 4 is 61.4 Å². The number of benzene rings is 4. The maximum atomic E-state index is 14.5. The smallest absolute Gasteiger partial charge is 0.406 e. The molecule has 6 aromatic rings. The summed E-state index contributed by atoms with van der Waals surface area (Å²) < 4.78 is 79.1. The van der Waals surface area contributed by atoms with Gasteiger partial charge in [-0.25, -0.2) is 9.37 Å². The summed E-state index contributed by atoms with van der Waals surface area (Å²) in [5, 5.41) is 18.1. The second-order valence-corrected chi connectivity index (χ2v) is 15.2. The predicted octanol–water partition coefficient (Wildman–Crippen LogP) is 6.72. The highest BCUT2D eigenvalue weighted by atomic mass is 19.4. The number of nitrogens with zero attached hydrogens (tertiary/aromatic N) is 2. The van der Waals surface area contributed by atoms with Crippen LogP contribution in [0.2, 0.25) is 0 Å². The summed E-state index contributed by atoms with van der Waals surface area (Å²) in [5.41, 5.74) is 11.1. The number of aromatic nitrogens is 2. The van der Waals surface area contributed by atoms with E-state index in [9.17, 15) is 22.4 Å². The fraction of sp³-hybridized carbons (Fsp3) is 0.362. The Labute approximate surface area is 368 Å². The van der Waals surface area contributed by atoms with Gasteiger partial charge in [-0.1, -0.05) is 30.2 Å². The van der Waals surface area contributed by atoms with Crippen LogP contribution >= 0.6 is 0 Å². The Morgan fingerprint density at radius 2 is 1.58 bits per heavy atom. The molecule has 0 saturated carbocycles. The van der Waals surface area contributed by atoms with Crippen LogP contribution in [0.15, 0.2) is 91.0 Å². The Balaban J connectivity index is 0.744. The van der Waals surface area contributed by atoms with Crippen molar-refractivity contribution in [1.82, 2.24) is 20.2 Å². The SMILES string of the molecule is Nc1ccc2cc3ccc(NCCOCCOCCOCCNC(=O)COc4cccc(NCC#Cc5cc6c(N[C@H]7CCNC[C@H]7F)cccc6n5CC(F)(F)F)c4)cc3nc2c1. The molecule has 338 valence electrons. The molecule has 1 aliphatic rings. The van der Waals surface area contributed by atoms with Crippen molar-refractivity contribution in [2.24, 2.45) is 0 Å². The Morgan fingerprint density at radius 3 is 2.38 bits per heavy atom. The Hall–Kier alpha value is -6.32. The van der Waals surface area contributed by atoms with E-state index in [0.717, 1.165) is 32.1 Å². The van der Waals surface area contributed by atoms with Crippen LogP contribution in [0.25, 0.3) is 32.7 Å². The van der Waals surface area contributed by atoms with Crippen molar-refractivity contribution in [3.8, 4) is 17.6 Å². The first-order valence-corrected chi connectivity index (χ1v) is 21.2. The van der Waals surface area contributed by atoms with Gasteiger partial charge < -0.3 is 55.8 Å². The van der Waals surface area contributed by atoms with Gasteiger partial charge in [-0.3, -0.25) is 4.79 Å². The Morgan fingerprint density at radius 1 is 0.844 bits per heavy atom. The van der Waals surface area contributed by atoms with Gasteiger partial charge in [0.05, 0.1) is 74.5 Å². The van der Waals surface area contributed by atoms with Crippen LogP contribution in [0.3, 0.4) is 0 Å². The number of alkyl halides is 4. The number of pyridine rings is 1. The van der Waals surface area contributed by atoms with Gasteiger partial charge in [0.1, 0.15) is 18.5 Å². The van der Waals surface area contributed by atoms with Crippen LogP contribution in [0.1, 0.15) is 12.1 Å². The maximum absolute atomic E-state index is 14.5. The summed E-state index contributed by atoms with van der Waals surface area (Å²) in [6.07, 6.45) is -5.05.